The Balaban J connectivity index is 3.25. The summed E-state index contributed by atoms with van der Waals surface area (Å²) in [7, 11) is 0. The highest BCUT2D eigenvalue weighted by molar-refractivity contribution is 6.30. The molecule has 60 valence electrons. The highest BCUT2D eigenvalue weighted by atomic mass is 35.5. The van der Waals surface area contributed by atoms with Crippen molar-refractivity contribution in [2.75, 3.05) is 0 Å². The molecule has 0 unspecified atom stereocenters. The summed E-state index contributed by atoms with van der Waals surface area (Å²) in [6.07, 6.45) is 0. The van der Waals surface area contributed by atoms with Crippen LogP contribution in [-0.4, -0.2) is 0 Å². The predicted octanol–water partition coefficient (Wildman–Crippen LogP) is 3.70. The van der Waals surface area contributed by atoms with Gasteiger partial charge in [0.05, 0.1) is 0 Å². The van der Waals surface area contributed by atoms with Crippen molar-refractivity contribution in [3.8, 4) is 0 Å². The van der Waals surface area contributed by atoms with Gasteiger partial charge in [-0.25, -0.2) is 0 Å². The van der Waals surface area contributed by atoms with Crippen LogP contribution in [0.4, 0.5) is 0 Å². The first-order valence-electron chi connectivity index (χ1n) is 3.46. The van der Waals surface area contributed by atoms with Crippen LogP contribution in [0.25, 0.3) is 0 Å². The highest BCUT2D eigenvalue weighted by Gasteiger charge is 2.01. The Morgan fingerprint density at radius 2 is 1.64 bits per heavy atom. The predicted molar refractivity (Wildman–Crippen MR) is 50.5 cm³/mol. The zero-order valence-corrected chi connectivity index (χ0v) is 8.13. The fraction of sp³-hybridized carbons (Fsp3) is 0.333. The lowest BCUT2D eigenvalue weighted by molar-refractivity contribution is 1.23. The van der Waals surface area contributed by atoms with Crippen LogP contribution in [0, 0.1) is 13.8 Å². The third-order valence-electron chi connectivity index (χ3n) is 1.79. The number of alkyl halides is 1. The van der Waals surface area contributed by atoms with Crippen LogP contribution in [-0.2, 0) is 5.88 Å². The van der Waals surface area contributed by atoms with E-state index in [0.717, 1.165) is 5.02 Å². The summed E-state index contributed by atoms with van der Waals surface area (Å²) in [6.45, 7) is 4.05. The molecule has 1 aromatic carbocycles. The van der Waals surface area contributed by atoms with Crippen molar-refractivity contribution in [3.05, 3.63) is 33.8 Å². The van der Waals surface area contributed by atoms with Crippen molar-refractivity contribution in [1.29, 1.82) is 0 Å². The lowest BCUT2D eigenvalue weighted by atomic mass is 10.1. The molecule has 0 saturated heterocycles. The minimum atomic E-state index is 0.564. The molecule has 11 heavy (non-hydrogen) atoms. The molecular weight excluding hydrogens is 179 g/mol. The molecule has 0 spiro atoms. The summed E-state index contributed by atoms with van der Waals surface area (Å²) in [5.41, 5.74) is 3.53. The third kappa shape index (κ3) is 1.88. The van der Waals surface area contributed by atoms with E-state index in [9.17, 15) is 0 Å². The first-order chi connectivity index (χ1) is 5.15. The Kier molecular flexibility index (Phi) is 2.80. The van der Waals surface area contributed by atoms with E-state index in [1.807, 2.05) is 26.0 Å². The van der Waals surface area contributed by atoms with Crippen LogP contribution in [0.2, 0.25) is 5.02 Å². The molecule has 1 aromatic rings. The van der Waals surface area contributed by atoms with E-state index in [-0.39, 0.29) is 0 Å². The summed E-state index contributed by atoms with van der Waals surface area (Å²) in [5.74, 6) is 0.564. The fourth-order valence-corrected chi connectivity index (χ4v) is 1.90. The maximum Gasteiger partial charge on any atom is 0.0479 e. The number of aryl methyl sites for hydroxylation is 2. The number of rotatable bonds is 1. The second-order valence-corrected chi connectivity index (χ2v) is 3.36. The van der Waals surface area contributed by atoms with Gasteiger partial charge < -0.3 is 0 Å². The molecule has 0 heterocycles. The van der Waals surface area contributed by atoms with E-state index >= 15 is 0 Å². The van der Waals surface area contributed by atoms with Gasteiger partial charge >= 0.3 is 0 Å². The van der Waals surface area contributed by atoms with Gasteiger partial charge in [-0.1, -0.05) is 11.6 Å². The Bertz CT molecular complexity index is 243. The molecule has 0 aliphatic carbocycles. The molecule has 0 N–H and O–H groups in total. The Hall–Kier alpha value is -0.200. The van der Waals surface area contributed by atoms with Crippen molar-refractivity contribution >= 4 is 23.2 Å². The van der Waals surface area contributed by atoms with Crippen LogP contribution in [0.15, 0.2) is 12.1 Å². The van der Waals surface area contributed by atoms with E-state index in [1.54, 1.807) is 0 Å². The fourth-order valence-electron chi connectivity index (χ4n) is 1.15. The summed E-state index contributed by atoms with van der Waals surface area (Å²) in [6, 6.07) is 3.87. The van der Waals surface area contributed by atoms with Gasteiger partial charge in [0.1, 0.15) is 0 Å². The second-order valence-electron chi connectivity index (χ2n) is 2.65. The van der Waals surface area contributed by atoms with E-state index in [1.165, 1.54) is 16.7 Å². The molecule has 0 radical (unpaired) electrons. The number of hydrogen-bond acceptors (Lipinski definition) is 0. The Morgan fingerprint density at radius 1 is 1.18 bits per heavy atom. The zero-order chi connectivity index (χ0) is 8.43. The van der Waals surface area contributed by atoms with Crippen LogP contribution >= 0.6 is 23.2 Å². The minimum absolute atomic E-state index is 0.564. The largest absolute Gasteiger partial charge is 0.122 e. The highest BCUT2D eigenvalue weighted by Crippen LogP contribution is 2.21. The first-order valence-corrected chi connectivity index (χ1v) is 4.38. The normalized spacial score (nSPS) is 10.2. The van der Waals surface area contributed by atoms with E-state index in [2.05, 4.69) is 0 Å². The first kappa shape index (κ1) is 8.89. The number of hydrogen-bond donors (Lipinski definition) is 0. The van der Waals surface area contributed by atoms with Crippen LogP contribution in [0.5, 0.6) is 0 Å². The Labute approximate surface area is 77.1 Å². The standard InChI is InChI=1S/C9H10Cl2/c1-6-3-8(11)4-7(2)9(6)5-10/h3-4H,5H2,1-2H3. The van der Waals surface area contributed by atoms with E-state index < -0.39 is 0 Å². The van der Waals surface area contributed by atoms with Gasteiger partial charge in [0, 0.05) is 10.9 Å². The molecule has 0 aromatic heterocycles. The molecule has 0 nitrogen and oxygen atoms in total. The zero-order valence-electron chi connectivity index (χ0n) is 6.62. The van der Waals surface area contributed by atoms with Crippen molar-refractivity contribution in [2.45, 2.75) is 19.7 Å². The number of halogens is 2. The summed E-state index contributed by atoms with van der Waals surface area (Å²) in [4.78, 5) is 0. The average molecular weight is 189 g/mol. The minimum Gasteiger partial charge on any atom is -0.122 e. The molecule has 0 fully saturated rings. The molecule has 1 rings (SSSR count). The van der Waals surface area contributed by atoms with Gasteiger partial charge in [-0.3, -0.25) is 0 Å². The average Bonchev–Trinajstić information content (AvgIpc) is 1.85. The van der Waals surface area contributed by atoms with Crippen LogP contribution < -0.4 is 0 Å². The SMILES string of the molecule is Cc1cc(Cl)cc(C)c1CCl. The molecule has 0 atom stereocenters. The molecule has 0 bridgehead atoms. The Morgan fingerprint density at radius 3 is 2.00 bits per heavy atom. The topological polar surface area (TPSA) is 0 Å². The monoisotopic (exact) mass is 188 g/mol. The van der Waals surface area contributed by atoms with Gasteiger partial charge in [-0.2, -0.15) is 0 Å². The molecule has 0 aliphatic heterocycles. The van der Waals surface area contributed by atoms with Gasteiger partial charge in [-0.05, 0) is 42.7 Å². The van der Waals surface area contributed by atoms with Gasteiger partial charge in [0.15, 0.2) is 0 Å². The van der Waals surface area contributed by atoms with Crippen LogP contribution in [0.3, 0.4) is 0 Å². The van der Waals surface area contributed by atoms with Crippen molar-refractivity contribution in [2.24, 2.45) is 0 Å². The van der Waals surface area contributed by atoms with Crippen molar-refractivity contribution in [1.82, 2.24) is 0 Å². The second kappa shape index (κ2) is 3.46. The summed E-state index contributed by atoms with van der Waals surface area (Å²) in [5, 5.41) is 0.786. The summed E-state index contributed by atoms with van der Waals surface area (Å²) >= 11 is 11.6. The third-order valence-corrected chi connectivity index (χ3v) is 2.28. The van der Waals surface area contributed by atoms with Gasteiger partial charge in [-0.15, -0.1) is 11.6 Å². The van der Waals surface area contributed by atoms with Gasteiger partial charge in [0.2, 0.25) is 0 Å². The van der Waals surface area contributed by atoms with Crippen molar-refractivity contribution < 1.29 is 0 Å². The van der Waals surface area contributed by atoms with Crippen molar-refractivity contribution in [3.63, 3.8) is 0 Å². The maximum atomic E-state index is 5.84. The molecule has 0 aliphatic rings. The van der Waals surface area contributed by atoms with Gasteiger partial charge in [0.25, 0.3) is 0 Å². The summed E-state index contributed by atoms with van der Waals surface area (Å²) < 4.78 is 0. The molecule has 0 saturated carbocycles. The van der Waals surface area contributed by atoms with Crippen LogP contribution in [0.1, 0.15) is 16.7 Å². The molecule has 0 amide bonds. The number of benzene rings is 1. The lowest BCUT2D eigenvalue weighted by Crippen LogP contribution is -1.89. The smallest absolute Gasteiger partial charge is 0.0479 e. The lowest BCUT2D eigenvalue weighted by Gasteiger charge is -2.06. The molecular formula is C9H10Cl2. The van der Waals surface area contributed by atoms with E-state index in [4.69, 9.17) is 23.2 Å². The maximum absolute atomic E-state index is 5.84. The quantitative estimate of drug-likeness (QED) is 0.591. The molecule has 2 heteroatoms. The van der Waals surface area contributed by atoms with E-state index in [0.29, 0.717) is 5.88 Å².